The maximum Gasteiger partial charge on any atom is 0.309 e. The Balaban J connectivity index is -0.000000768. The molecule has 0 rings (SSSR count). The van der Waals surface area contributed by atoms with Crippen LogP contribution in [0, 0.1) is 33.7 Å². The van der Waals surface area contributed by atoms with Crippen LogP contribution in [0.2, 0.25) is 0 Å². The van der Waals surface area contributed by atoms with E-state index in [0.29, 0.717) is 38.5 Å². The van der Waals surface area contributed by atoms with E-state index >= 15 is 0 Å². The molecule has 148 valence electrons. The third-order valence-electron chi connectivity index (χ3n) is 3.67. The fourth-order valence-electron chi connectivity index (χ4n) is 1.79. The summed E-state index contributed by atoms with van der Waals surface area (Å²) >= 11 is 0. The van der Waals surface area contributed by atoms with Gasteiger partial charge in [0.05, 0.1) is 10.8 Å². The zero-order valence-electron chi connectivity index (χ0n) is 15.9. The monoisotopic (exact) mass is 370 g/mol. The van der Waals surface area contributed by atoms with Gasteiger partial charge >= 0.3 is 11.9 Å². The molecule has 0 aromatic heterocycles. The highest BCUT2D eigenvalue weighted by atomic mass is 16.4. The van der Waals surface area contributed by atoms with Gasteiger partial charge in [-0.3, -0.25) is 14.4 Å². The predicted molar refractivity (Wildman–Crippen MR) is 95.1 cm³/mol. The van der Waals surface area contributed by atoms with Gasteiger partial charge in [-0.05, 0) is 53.4 Å². The van der Waals surface area contributed by atoms with E-state index in [1.54, 1.807) is 27.7 Å². The summed E-state index contributed by atoms with van der Waals surface area (Å²) < 4.78 is 0. The van der Waals surface area contributed by atoms with Crippen LogP contribution in [-0.2, 0) is 14.4 Å². The smallest absolute Gasteiger partial charge is 0.309 e. The molecule has 6 N–H and O–H groups in total. The Morgan fingerprint density at radius 3 is 1.23 bits per heavy atom. The van der Waals surface area contributed by atoms with Gasteiger partial charge in [-0.1, -0.05) is 0 Å². The normalized spacial score (nSPS) is 9.92. The Bertz CT molecular complexity index is 484. The molecule has 26 heavy (non-hydrogen) atoms. The van der Waals surface area contributed by atoms with Gasteiger partial charge < -0.3 is 21.7 Å². The van der Waals surface area contributed by atoms with Gasteiger partial charge in [0, 0.05) is 12.8 Å². The first-order chi connectivity index (χ1) is 11.8. The molecule has 0 heterocycles. The van der Waals surface area contributed by atoms with Gasteiger partial charge in [-0.15, -0.1) is 0 Å². The summed E-state index contributed by atoms with van der Waals surface area (Å²) in [4.78, 5) is 33.5. The Labute approximate surface area is 154 Å². The van der Waals surface area contributed by atoms with E-state index in [4.69, 9.17) is 20.7 Å². The summed E-state index contributed by atoms with van der Waals surface area (Å²) in [5.41, 5.74) is 6.71. The van der Waals surface area contributed by atoms with Crippen LogP contribution in [0.25, 0.3) is 0 Å². The molecule has 0 radical (unpaired) electrons. The molecule has 9 heteroatoms. The van der Waals surface area contributed by atoms with E-state index in [2.05, 4.69) is 11.5 Å². The van der Waals surface area contributed by atoms with Crippen LogP contribution in [0.1, 0.15) is 66.2 Å². The number of nitrogens with two attached hydrogens (primary N) is 2. The average molecular weight is 370 g/mol. The van der Waals surface area contributed by atoms with Crippen LogP contribution in [0.3, 0.4) is 0 Å². The molecule has 9 nitrogen and oxygen atoms in total. The van der Waals surface area contributed by atoms with Crippen molar-refractivity contribution < 1.29 is 24.6 Å². The van der Waals surface area contributed by atoms with E-state index in [1.807, 2.05) is 0 Å². The van der Waals surface area contributed by atoms with Crippen molar-refractivity contribution in [1.29, 1.82) is 10.5 Å². The topological polar surface area (TPSA) is 191 Å². The lowest BCUT2D eigenvalue weighted by atomic mass is 9.85. The molecule has 0 spiro atoms. The van der Waals surface area contributed by atoms with Crippen LogP contribution < -0.4 is 11.5 Å². The SMILES string of the molecule is CC(C)(CCCC(=O)CCCC(C)(C)C(=O)O)C(=O)O.N#CN.N#CN. The number of nitrogens with zero attached hydrogens (tertiary/aromatic N) is 2. The first-order valence-corrected chi connectivity index (χ1v) is 8.00. The van der Waals surface area contributed by atoms with Crippen molar-refractivity contribution >= 4 is 17.7 Å². The number of hydrogen-bond donors (Lipinski definition) is 4. The molecule has 0 amide bonds. The molecule has 0 saturated carbocycles. The average Bonchev–Trinajstić information content (AvgIpc) is 2.48. The zero-order valence-corrected chi connectivity index (χ0v) is 15.9. The van der Waals surface area contributed by atoms with Crippen molar-refractivity contribution in [2.45, 2.75) is 66.2 Å². The number of rotatable bonds is 10. The van der Waals surface area contributed by atoms with Crippen molar-refractivity contribution in [3.05, 3.63) is 0 Å². The highest BCUT2D eigenvalue weighted by Gasteiger charge is 2.27. The largest absolute Gasteiger partial charge is 0.481 e. The predicted octanol–water partition coefficient (Wildman–Crippen LogP) is 1.97. The second-order valence-electron chi connectivity index (χ2n) is 6.88. The molecule has 0 fully saturated rings. The van der Waals surface area contributed by atoms with Crippen molar-refractivity contribution in [1.82, 2.24) is 0 Å². The maximum absolute atomic E-state index is 11.7. The van der Waals surface area contributed by atoms with E-state index in [9.17, 15) is 14.4 Å². The van der Waals surface area contributed by atoms with Gasteiger partial charge in [0.2, 0.25) is 0 Å². The number of carbonyl (C=O) groups excluding carboxylic acids is 1. The summed E-state index contributed by atoms with van der Waals surface area (Å²) in [7, 11) is 0. The number of ketones is 1. The van der Waals surface area contributed by atoms with Crippen LogP contribution in [0.15, 0.2) is 0 Å². The van der Waals surface area contributed by atoms with Crippen LogP contribution in [0.4, 0.5) is 0 Å². The molecular weight excluding hydrogens is 340 g/mol. The molecular formula is C17H30N4O5. The first-order valence-electron chi connectivity index (χ1n) is 8.00. The standard InChI is InChI=1S/C15H26O5.2CH2N2/c1-14(2,12(17)18)9-5-7-11(16)8-6-10-15(3,4)13(19)20;2*2-1-3/h5-10H2,1-4H3,(H,17,18)(H,19,20);2*2H2. The minimum Gasteiger partial charge on any atom is -0.481 e. The lowest BCUT2D eigenvalue weighted by Gasteiger charge is -2.19. The summed E-state index contributed by atoms with van der Waals surface area (Å²) in [5, 5.41) is 32.1. The van der Waals surface area contributed by atoms with Gasteiger partial charge in [0.1, 0.15) is 5.78 Å². The number of carbonyl (C=O) groups is 3. The number of hydrogen-bond acceptors (Lipinski definition) is 7. The molecule has 0 aromatic carbocycles. The summed E-state index contributed by atoms with van der Waals surface area (Å²) in [5.74, 6) is -1.63. The highest BCUT2D eigenvalue weighted by Crippen LogP contribution is 2.25. The second kappa shape index (κ2) is 14.5. The zero-order chi connectivity index (χ0) is 21.4. The van der Waals surface area contributed by atoms with Gasteiger partial charge in [0.15, 0.2) is 12.4 Å². The molecule has 0 aliphatic rings. The third-order valence-corrected chi connectivity index (χ3v) is 3.67. The number of Topliss-reactive ketones (excluding diaryl/α,β-unsaturated/α-hetero) is 1. The lowest BCUT2D eigenvalue weighted by molar-refractivity contribution is -0.148. The highest BCUT2D eigenvalue weighted by molar-refractivity contribution is 5.79. The number of carboxylic acid groups (broad SMARTS) is 2. The van der Waals surface area contributed by atoms with Crippen molar-refractivity contribution in [2.24, 2.45) is 22.3 Å². The molecule has 0 unspecified atom stereocenters. The quantitative estimate of drug-likeness (QED) is 0.328. The van der Waals surface area contributed by atoms with Crippen molar-refractivity contribution in [3.8, 4) is 12.4 Å². The first kappa shape index (κ1) is 28.0. The minimum absolute atomic E-state index is 0.0763. The molecule has 0 bridgehead atoms. The van der Waals surface area contributed by atoms with Crippen LogP contribution in [0.5, 0.6) is 0 Å². The summed E-state index contributed by atoms with van der Waals surface area (Å²) in [6, 6.07) is 0. The fourth-order valence-corrected chi connectivity index (χ4v) is 1.79. The minimum atomic E-state index is -0.854. The van der Waals surface area contributed by atoms with E-state index in [0.717, 1.165) is 0 Å². The Hall–Kier alpha value is -2.81. The van der Waals surface area contributed by atoms with Crippen molar-refractivity contribution in [3.63, 3.8) is 0 Å². The third kappa shape index (κ3) is 16.1. The number of carboxylic acids is 2. The fraction of sp³-hybridized carbons (Fsp3) is 0.706. The van der Waals surface area contributed by atoms with Gasteiger partial charge in [0.25, 0.3) is 0 Å². The Kier molecular flexibility index (Phi) is 15.7. The summed E-state index contributed by atoms with van der Waals surface area (Å²) in [6.07, 6.45) is 5.28. The maximum atomic E-state index is 11.7. The second-order valence-corrected chi connectivity index (χ2v) is 6.88. The van der Waals surface area contributed by atoms with Crippen LogP contribution in [-0.4, -0.2) is 27.9 Å². The lowest BCUT2D eigenvalue weighted by Crippen LogP contribution is -2.24. The molecule has 0 saturated heterocycles. The number of aliphatic carboxylic acids is 2. The molecule has 0 aliphatic heterocycles. The van der Waals surface area contributed by atoms with E-state index in [-0.39, 0.29) is 5.78 Å². The van der Waals surface area contributed by atoms with E-state index < -0.39 is 22.8 Å². The molecule has 0 aromatic rings. The molecule has 0 atom stereocenters. The van der Waals surface area contributed by atoms with Crippen LogP contribution >= 0.6 is 0 Å². The van der Waals surface area contributed by atoms with Gasteiger partial charge in [-0.2, -0.15) is 10.5 Å². The number of nitriles is 2. The Morgan fingerprint density at radius 2 is 1.04 bits per heavy atom. The van der Waals surface area contributed by atoms with Crippen molar-refractivity contribution in [2.75, 3.05) is 0 Å². The molecule has 0 aliphatic carbocycles. The summed E-state index contributed by atoms with van der Waals surface area (Å²) in [6.45, 7) is 6.59. The van der Waals surface area contributed by atoms with Gasteiger partial charge in [-0.25, -0.2) is 0 Å². The van der Waals surface area contributed by atoms with E-state index in [1.165, 1.54) is 12.4 Å². The Morgan fingerprint density at radius 1 is 0.808 bits per heavy atom.